The van der Waals surface area contributed by atoms with Gasteiger partial charge in [-0.3, -0.25) is 4.79 Å². The van der Waals surface area contributed by atoms with Crippen LogP contribution in [0, 0.1) is 0 Å². The van der Waals surface area contributed by atoms with Crippen LogP contribution in [0.4, 0.5) is 0 Å². The van der Waals surface area contributed by atoms with E-state index in [2.05, 4.69) is 13.8 Å². The smallest absolute Gasteiger partial charge is 0.222 e. The van der Waals surface area contributed by atoms with Crippen molar-refractivity contribution in [1.82, 2.24) is 4.90 Å². The summed E-state index contributed by atoms with van der Waals surface area (Å²) >= 11 is 0. The van der Waals surface area contributed by atoms with Crippen molar-refractivity contribution in [2.75, 3.05) is 13.6 Å². The Morgan fingerprint density at radius 3 is 2.41 bits per heavy atom. The highest BCUT2D eigenvalue weighted by atomic mass is 16.3. The van der Waals surface area contributed by atoms with Crippen molar-refractivity contribution in [2.24, 2.45) is 0 Å². The van der Waals surface area contributed by atoms with Gasteiger partial charge in [0.25, 0.3) is 0 Å². The molecular formula is C19H35NO2. The van der Waals surface area contributed by atoms with Crippen molar-refractivity contribution in [3.63, 3.8) is 0 Å². The molecule has 0 unspecified atom stereocenters. The van der Waals surface area contributed by atoms with Crippen molar-refractivity contribution >= 4 is 5.91 Å². The Labute approximate surface area is 137 Å². The summed E-state index contributed by atoms with van der Waals surface area (Å²) in [4.78, 5) is 13.6. The molecule has 0 bridgehead atoms. The fourth-order valence-corrected chi connectivity index (χ4v) is 2.19. The van der Waals surface area contributed by atoms with Crippen LogP contribution in [-0.4, -0.2) is 35.6 Å². The molecule has 1 N–H and O–H groups in total. The normalized spacial score (nSPS) is 13.1. The summed E-state index contributed by atoms with van der Waals surface area (Å²) in [5.74, 6) is 0.212. The van der Waals surface area contributed by atoms with Gasteiger partial charge in [-0.2, -0.15) is 0 Å². The van der Waals surface area contributed by atoms with Crippen LogP contribution in [0.3, 0.4) is 0 Å². The van der Waals surface area contributed by atoms with E-state index in [1.165, 1.54) is 25.7 Å². The van der Waals surface area contributed by atoms with E-state index < -0.39 is 0 Å². The number of aliphatic hydroxyl groups excluding tert-OH is 1. The maximum atomic E-state index is 11.9. The monoisotopic (exact) mass is 309 g/mol. The zero-order chi connectivity index (χ0) is 16.6. The molecule has 0 saturated heterocycles. The van der Waals surface area contributed by atoms with Crippen LogP contribution in [0.15, 0.2) is 24.3 Å². The van der Waals surface area contributed by atoms with Crippen LogP contribution in [0.25, 0.3) is 0 Å². The first-order valence-corrected chi connectivity index (χ1v) is 8.87. The zero-order valence-corrected chi connectivity index (χ0v) is 14.8. The number of carbonyl (C=O) groups excluding carboxylic acids is 1. The number of allylic oxidation sites excluding steroid dienone is 2. The highest BCUT2D eigenvalue weighted by Crippen LogP contribution is 2.05. The number of hydrogen-bond acceptors (Lipinski definition) is 2. The Kier molecular flexibility index (Phi) is 14.1. The number of aliphatic hydroxyl groups is 1. The minimum atomic E-state index is -0.353. The SMILES string of the molecule is CCCCCCC(=O)N(C)C/C=C\C=C\[C@@H](O)CCCCC. The minimum Gasteiger partial charge on any atom is -0.389 e. The van der Waals surface area contributed by atoms with Crippen molar-refractivity contribution in [3.05, 3.63) is 24.3 Å². The van der Waals surface area contributed by atoms with Gasteiger partial charge in [0.1, 0.15) is 0 Å². The molecule has 3 nitrogen and oxygen atoms in total. The summed E-state index contributed by atoms with van der Waals surface area (Å²) in [6.45, 7) is 4.96. The van der Waals surface area contributed by atoms with Crippen LogP contribution < -0.4 is 0 Å². The molecule has 0 aromatic heterocycles. The third-order valence-corrected chi connectivity index (χ3v) is 3.73. The molecule has 0 radical (unpaired) electrons. The van der Waals surface area contributed by atoms with Gasteiger partial charge in [0.15, 0.2) is 0 Å². The topological polar surface area (TPSA) is 40.5 Å². The van der Waals surface area contributed by atoms with Crippen molar-refractivity contribution in [1.29, 1.82) is 0 Å². The fraction of sp³-hybridized carbons (Fsp3) is 0.737. The average molecular weight is 309 g/mol. The van der Waals surface area contributed by atoms with E-state index in [0.717, 1.165) is 25.7 Å². The second-order valence-electron chi connectivity index (χ2n) is 5.96. The van der Waals surface area contributed by atoms with Crippen LogP contribution in [0.5, 0.6) is 0 Å². The van der Waals surface area contributed by atoms with E-state index in [1.54, 1.807) is 4.90 Å². The second kappa shape index (κ2) is 14.8. The molecule has 0 aromatic carbocycles. The third kappa shape index (κ3) is 12.6. The molecule has 1 atom stereocenters. The number of unbranched alkanes of at least 4 members (excludes halogenated alkanes) is 5. The molecule has 0 aliphatic rings. The number of nitrogens with zero attached hydrogens (tertiary/aromatic N) is 1. The maximum absolute atomic E-state index is 11.9. The molecule has 0 spiro atoms. The number of hydrogen-bond donors (Lipinski definition) is 1. The van der Waals surface area contributed by atoms with E-state index >= 15 is 0 Å². The Balaban J connectivity index is 3.79. The van der Waals surface area contributed by atoms with Crippen LogP contribution in [0.2, 0.25) is 0 Å². The molecule has 0 aliphatic heterocycles. The first-order chi connectivity index (χ1) is 10.6. The first-order valence-electron chi connectivity index (χ1n) is 8.87. The van der Waals surface area contributed by atoms with Gasteiger partial charge < -0.3 is 10.0 Å². The van der Waals surface area contributed by atoms with Gasteiger partial charge in [0.2, 0.25) is 5.91 Å². The first kappa shape index (κ1) is 20.9. The summed E-state index contributed by atoms with van der Waals surface area (Å²) in [7, 11) is 1.84. The molecule has 22 heavy (non-hydrogen) atoms. The predicted octanol–water partition coefficient (Wildman–Crippen LogP) is 4.47. The van der Waals surface area contributed by atoms with E-state index in [-0.39, 0.29) is 12.0 Å². The van der Waals surface area contributed by atoms with E-state index in [4.69, 9.17) is 0 Å². The van der Waals surface area contributed by atoms with Crippen LogP contribution in [-0.2, 0) is 4.79 Å². The summed E-state index contributed by atoms with van der Waals surface area (Å²) in [6.07, 6.45) is 16.6. The number of carbonyl (C=O) groups is 1. The van der Waals surface area contributed by atoms with Crippen molar-refractivity contribution in [3.8, 4) is 0 Å². The number of amides is 1. The van der Waals surface area contributed by atoms with E-state index in [0.29, 0.717) is 13.0 Å². The second-order valence-corrected chi connectivity index (χ2v) is 5.96. The molecule has 128 valence electrons. The Hall–Kier alpha value is -1.09. The van der Waals surface area contributed by atoms with Crippen molar-refractivity contribution in [2.45, 2.75) is 77.7 Å². The Morgan fingerprint density at radius 2 is 1.73 bits per heavy atom. The maximum Gasteiger partial charge on any atom is 0.222 e. The Morgan fingerprint density at radius 1 is 1.05 bits per heavy atom. The van der Waals surface area contributed by atoms with Crippen molar-refractivity contribution < 1.29 is 9.90 Å². The Bertz CT molecular complexity index is 323. The largest absolute Gasteiger partial charge is 0.389 e. The predicted molar refractivity (Wildman–Crippen MR) is 94.8 cm³/mol. The molecule has 1 amide bonds. The molecule has 0 heterocycles. The summed E-state index contributed by atoms with van der Waals surface area (Å²) < 4.78 is 0. The molecule has 0 aliphatic carbocycles. The lowest BCUT2D eigenvalue weighted by Gasteiger charge is -2.14. The van der Waals surface area contributed by atoms with Gasteiger partial charge in [-0.15, -0.1) is 0 Å². The summed E-state index contributed by atoms with van der Waals surface area (Å²) in [5.41, 5.74) is 0. The quantitative estimate of drug-likeness (QED) is 0.403. The number of likely N-dealkylation sites (N-methyl/N-ethyl adjacent to an activating group) is 1. The molecule has 0 aromatic rings. The number of rotatable bonds is 13. The van der Waals surface area contributed by atoms with Gasteiger partial charge >= 0.3 is 0 Å². The van der Waals surface area contributed by atoms with Crippen LogP contribution >= 0.6 is 0 Å². The molecule has 3 heteroatoms. The molecule has 0 saturated carbocycles. The fourth-order valence-electron chi connectivity index (χ4n) is 2.19. The lowest BCUT2D eigenvalue weighted by atomic mass is 10.1. The highest BCUT2D eigenvalue weighted by Gasteiger charge is 2.05. The van der Waals surface area contributed by atoms with Gasteiger partial charge in [-0.05, 0) is 12.8 Å². The van der Waals surface area contributed by atoms with E-state index in [9.17, 15) is 9.90 Å². The third-order valence-electron chi connectivity index (χ3n) is 3.73. The zero-order valence-electron chi connectivity index (χ0n) is 14.8. The average Bonchev–Trinajstić information content (AvgIpc) is 2.51. The van der Waals surface area contributed by atoms with Gasteiger partial charge in [-0.25, -0.2) is 0 Å². The van der Waals surface area contributed by atoms with E-state index in [1.807, 2.05) is 31.4 Å². The van der Waals surface area contributed by atoms with Gasteiger partial charge in [0.05, 0.1) is 6.10 Å². The lowest BCUT2D eigenvalue weighted by molar-refractivity contribution is -0.129. The van der Waals surface area contributed by atoms with Crippen LogP contribution in [0.1, 0.15) is 71.6 Å². The van der Waals surface area contributed by atoms with Gasteiger partial charge in [-0.1, -0.05) is 76.7 Å². The standard InChI is InChI=1S/C19H35NO2/c1-4-6-8-12-16-19(22)20(3)17-13-9-11-15-18(21)14-10-7-5-2/h9,11,13,15,18,21H,4-8,10,12,14,16-17H2,1-3H3/b13-9-,15-11+/t18-/m0/s1. The summed E-state index contributed by atoms with van der Waals surface area (Å²) in [5, 5.41) is 9.73. The minimum absolute atomic E-state index is 0.212. The highest BCUT2D eigenvalue weighted by molar-refractivity contribution is 5.75. The van der Waals surface area contributed by atoms with Gasteiger partial charge in [0, 0.05) is 20.0 Å². The molecule has 0 fully saturated rings. The summed E-state index contributed by atoms with van der Waals surface area (Å²) in [6, 6.07) is 0. The molecule has 0 rings (SSSR count). The molecular weight excluding hydrogens is 274 g/mol. The lowest BCUT2D eigenvalue weighted by Crippen LogP contribution is -2.26.